The van der Waals surface area contributed by atoms with Gasteiger partial charge in [-0.1, -0.05) is 6.07 Å². The van der Waals surface area contributed by atoms with E-state index >= 15 is 0 Å². The summed E-state index contributed by atoms with van der Waals surface area (Å²) in [5, 5.41) is 0. The van der Waals surface area contributed by atoms with Crippen LogP contribution in [0.1, 0.15) is 62.3 Å². The lowest BCUT2D eigenvalue weighted by Crippen LogP contribution is -2.67. The van der Waals surface area contributed by atoms with Gasteiger partial charge in [0.15, 0.2) is 42.2 Å². The minimum atomic E-state index is -1.84. The molecule has 0 spiro atoms. The molecule has 1 aromatic rings. The lowest BCUT2D eigenvalue weighted by atomic mass is 9.96. The van der Waals surface area contributed by atoms with E-state index < -0.39 is 122 Å². The van der Waals surface area contributed by atoms with Crippen molar-refractivity contribution in [1.82, 2.24) is 0 Å². The summed E-state index contributed by atoms with van der Waals surface area (Å²) >= 11 is 0. The molecule has 57 heavy (non-hydrogen) atoms. The van der Waals surface area contributed by atoms with Crippen LogP contribution in [0.3, 0.4) is 0 Å². The average molecular weight is 815 g/mol. The molecule has 21 heteroatoms. The SMILES string of the molecule is CCOC1(C)Oc2cccc(O[C@@H]3O[C@H](COC(C)=O)[C@@H](O[C@H]4O[C@H](COC(C)=O)[C@@H](OC(C)=O)[C@H](OC(C)=O)[C@H]4OC(C)=O)[C@H](OC(C)=O)[C@H]3OC(C)=O)c2O1. The van der Waals surface area contributed by atoms with E-state index in [1.165, 1.54) is 13.0 Å². The zero-order chi connectivity index (χ0) is 42.2. The molecule has 316 valence electrons. The Labute approximate surface area is 326 Å². The van der Waals surface area contributed by atoms with E-state index in [9.17, 15) is 33.6 Å². The quantitative estimate of drug-likeness (QED) is 0.178. The summed E-state index contributed by atoms with van der Waals surface area (Å²) in [5.74, 6) is -7.27. The van der Waals surface area contributed by atoms with Gasteiger partial charge in [-0.05, 0) is 19.1 Å². The van der Waals surface area contributed by atoms with Crippen LogP contribution in [0.4, 0.5) is 0 Å². The van der Waals surface area contributed by atoms with Crippen molar-refractivity contribution in [3.63, 3.8) is 0 Å². The highest BCUT2D eigenvalue weighted by atomic mass is 16.9. The van der Waals surface area contributed by atoms with Crippen molar-refractivity contribution in [2.45, 2.75) is 130 Å². The van der Waals surface area contributed by atoms with Crippen LogP contribution in [-0.4, -0.2) is 129 Å². The van der Waals surface area contributed by atoms with Gasteiger partial charge in [-0.2, -0.15) is 0 Å². The van der Waals surface area contributed by atoms with Crippen LogP contribution in [0.25, 0.3) is 0 Å². The highest BCUT2D eigenvalue weighted by Gasteiger charge is 2.58. The minimum Gasteiger partial charge on any atom is -0.463 e. The fourth-order valence-electron chi connectivity index (χ4n) is 6.19. The maximum Gasteiger partial charge on any atom is 0.369 e. The van der Waals surface area contributed by atoms with Gasteiger partial charge in [0.1, 0.15) is 31.5 Å². The molecule has 0 N–H and O–H groups in total. The second kappa shape index (κ2) is 19.3. The van der Waals surface area contributed by atoms with Gasteiger partial charge < -0.3 is 66.3 Å². The molecule has 2 saturated heterocycles. The predicted molar refractivity (Wildman–Crippen MR) is 182 cm³/mol. The molecular formula is C36H46O21. The zero-order valence-electron chi connectivity index (χ0n) is 32.7. The molecular weight excluding hydrogens is 768 g/mol. The Kier molecular flexibility index (Phi) is 15.0. The number of carbonyl (C=O) groups excluding carboxylic acids is 7. The highest BCUT2D eigenvalue weighted by Crippen LogP contribution is 2.47. The van der Waals surface area contributed by atoms with E-state index in [2.05, 4.69) is 0 Å². The Morgan fingerprint density at radius 2 is 1.04 bits per heavy atom. The number of para-hydroxylation sites is 1. The molecule has 1 aromatic carbocycles. The number of hydrogen-bond donors (Lipinski definition) is 0. The fraction of sp³-hybridized carbons (Fsp3) is 0.639. The van der Waals surface area contributed by atoms with Gasteiger partial charge in [0.05, 0.1) is 6.61 Å². The molecule has 11 atom stereocenters. The van der Waals surface area contributed by atoms with Crippen molar-refractivity contribution < 1.29 is 99.9 Å². The Hall–Kier alpha value is -5.25. The number of fused-ring (bicyclic) bond motifs is 1. The van der Waals surface area contributed by atoms with Gasteiger partial charge in [-0.15, -0.1) is 0 Å². The number of benzene rings is 1. The van der Waals surface area contributed by atoms with Crippen molar-refractivity contribution in [3.05, 3.63) is 18.2 Å². The number of hydrogen-bond acceptors (Lipinski definition) is 21. The number of rotatable bonds is 15. The van der Waals surface area contributed by atoms with E-state index in [1.54, 1.807) is 19.1 Å². The van der Waals surface area contributed by atoms with Crippen molar-refractivity contribution in [1.29, 1.82) is 0 Å². The van der Waals surface area contributed by atoms with Crippen molar-refractivity contribution in [2.24, 2.45) is 0 Å². The first-order chi connectivity index (χ1) is 26.8. The van der Waals surface area contributed by atoms with Gasteiger partial charge in [0.2, 0.25) is 18.1 Å². The second-order valence-corrected chi connectivity index (χ2v) is 12.9. The lowest BCUT2D eigenvalue weighted by Gasteiger charge is -2.48. The van der Waals surface area contributed by atoms with E-state index in [0.29, 0.717) is 0 Å². The average Bonchev–Trinajstić information content (AvgIpc) is 3.44. The maximum absolute atomic E-state index is 12.7. The fourth-order valence-corrected chi connectivity index (χ4v) is 6.19. The van der Waals surface area contributed by atoms with Gasteiger partial charge >= 0.3 is 47.8 Å². The number of carbonyl (C=O) groups is 7. The first-order valence-corrected chi connectivity index (χ1v) is 17.7. The standard InChI is InChI=1S/C36H46O21/c1-10-46-36(9)56-24-13-11-12-23(27(24)57-36)52-34-32(50-21(7)42)31(49-20(6)41)29(26(53-34)15-45-17(3)38)55-35-33(51-22(8)43)30(48-19(5)40)28(47-18(4)39)25(54-35)14-44-16(2)37/h11-13,25-26,28-35H,10,14-15H2,1-9H3/t25-,26-,28-,29-,30+,31+,32-,33-,34-,35-,36?/m1/s1. The predicted octanol–water partition coefficient (Wildman–Crippen LogP) is 1.17. The summed E-state index contributed by atoms with van der Waals surface area (Å²) in [6, 6.07) is 4.63. The molecule has 2 fully saturated rings. The molecule has 1 unspecified atom stereocenters. The highest BCUT2D eigenvalue weighted by molar-refractivity contribution is 5.69. The lowest BCUT2D eigenvalue weighted by molar-refractivity contribution is -0.354. The summed E-state index contributed by atoms with van der Waals surface area (Å²) in [4.78, 5) is 86.5. The van der Waals surface area contributed by atoms with Crippen molar-refractivity contribution in [3.8, 4) is 17.2 Å². The Morgan fingerprint density at radius 3 is 1.54 bits per heavy atom. The molecule has 3 aliphatic heterocycles. The van der Waals surface area contributed by atoms with Crippen LogP contribution in [0.5, 0.6) is 17.2 Å². The van der Waals surface area contributed by atoms with Gasteiger partial charge in [-0.3, -0.25) is 33.6 Å². The molecule has 4 rings (SSSR count). The zero-order valence-corrected chi connectivity index (χ0v) is 32.7. The first-order valence-electron chi connectivity index (χ1n) is 17.7. The van der Waals surface area contributed by atoms with Crippen LogP contribution < -0.4 is 14.2 Å². The summed E-state index contributed by atoms with van der Waals surface area (Å²) < 4.78 is 80.5. The van der Waals surface area contributed by atoms with E-state index in [0.717, 1.165) is 48.5 Å². The second-order valence-electron chi connectivity index (χ2n) is 12.9. The molecule has 0 amide bonds. The number of ether oxygens (including phenoxy) is 14. The van der Waals surface area contributed by atoms with Crippen molar-refractivity contribution >= 4 is 41.8 Å². The first kappa shape index (κ1) is 44.5. The summed E-state index contributed by atoms with van der Waals surface area (Å²) in [7, 11) is 0. The van der Waals surface area contributed by atoms with Crippen molar-refractivity contribution in [2.75, 3.05) is 19.8 Å². The van der Waals surface area contributed by atoms with Crippen LogP contribution >= 0.6 is 0 Å². The molecule has 0 saturated carbocycles. The van der Waals surface area contributed by atoms with Gasteiger partial charge in [0, 0.05) is 55.4 Å². The molecule has 21 nitrogen and oxygen atoms in total. The largest absolute Gasteiger partial charge is 0.463 e. The molecule has 3 aliphatic rings. The monoisotopic (exact) mass is 814 g/mol. The minimum absolute atomic E-state index is 0.00449. The van der Waals surface area contributed by atoms with E-state index in [4.69, 9.17) is 66.3 Å². The molecule has 3 heterocycles. The maximum atomic E-state index is 12.7. The third-order valence-corrected chi connectivity index (χ3v) is 8.06. The van der Waals surface area contributed by atoms with Crippen LogP contribution in [0, 0.1) is 0 Å². The normalized spacial score (nSPS) is 30.2. The number of esters is 7. The Bertz CT molecular complexity index is 1660. The van der Waals surface area contributed by atoms with E-state index in [1.807, 2.05) is 0 Å². The summed E-state index contributed by atoms with van der Waals surface area (Å²) in [6.45, 7) is 9.71. The van der Waals surface area contributed by atoms with Crippen LogP contribution in [0.2, 0.25) is 0 Å². The molecule has 0 aromatic heterocycles. The van der Waals surface area contributed by atoms with Crippen LogP contribution in [-0.2, 0) is 85.7 Å². The molecule has 0 radical (unpaired) electrons. The smallest absolute Gasteiger partial charge is 0.369 e. The van der Waals surface area contributed by atoms with Gasteiger partial charge in [-0.25, -0.2) is 0 Å². The Balaban J connectivity index is 1.82. The third-order valence-electron chi connectivity index (χ3n) is 8.06. The molecule has 0 aliphatic carbocycles. The van der Waals surface area contributed by atoms with Crippen LogP contribution in [0.15, 0.2) is 18.2 Å². The van der Waals surface area contributed by atoms with Gasteiger partial charge in [0.25, 0.3) is 0 Å². The summed E-state index contributed by atoms with van der Waals surface area (Å²) in [6.07, 6.45) is -16.3. The molecule has 0 bridgehead atoms. The van der Waals surface area contributed by atoms with E-state index in [-0.39, 0.29) is 23.9 Å². The topological polar surface area (TPSA) is 249 Å². The Morgan fingerprint density at radius 1 is 0.579 bits per heavy atom. The summed E-state index contributed by atoms with van der Waals surface area (Å²) in [5.41, 5.74) is 0. The third kappa shape index (κ3) is 11.9.